The third kappa shape index (κ3) is 2.42. The summed E-state index contributed by atoms with van der Waals surface area (Å²) in [6, 6.07) is 11.2. The summed E-state index contributed by atoms with van der Waals surface area (Å²) >= 11 is 0. The summed E-state index contributed by atoms with van der Waals surface area (Å²) in [5.74, 6) is 1.84. The predicted octanol–water partition coefficient (Wildman–Crippen LogP) is 2.53. The molecule has 3 rings (SSSR count). The number of ketones is 1. The Labute approximate surface area is 102 Å². The monoisotopic (exact) mass is 229 g/mol. The fourth-order valence-corrected chi connectivity index (χ4v) is 3.40. The van der Waals surface area contributed by atoms with Crippen molar-refractivity contribution in [3.8, 4) is 0 Å². The normalized spacial score (nSPS) is 31.8. The zero-order valence-electron chi connectivity index (χ0n) is 10.1. The van der Waals surface area contributed by atoms with Crippen LogP contribution in [-0.4, -0.2) is 11.8 Å². The third-order valence-electron chi connectivity index (χ3n) is 4.26. The molecule has 0 unspecified atom stereocenters. The van der Waals surface area contributed by atoms with Crippen LogP contribution < -0.4 is 5.32 Å². The van der Waals surface area contributed by atoms with Crippen molar-refractivity contribution in [3.63, 3.8) is 0 Å². The van der Waals surface area contributed by atoms with Gasteiger partial charge in [0.2, 0.25) is 0 Å². The predicted molar refractivity (Wildman–Crippen MR) is 67.5 cm³/mol. The zero-order valence-corrected chi connectivity index (χ0v) is 10.1. The van der Waals surface area contributed by atoms with Crippen LogP contribution in [0.5, 0.6) is 0 Å². The summed E-state index contributed by atoms with van der Waals surface area (Å²) in [5, 5.41) is 3.63. The maximum Gasteiger partial charge on any atom is 0.133 e. The fourth-order valence-electron chi connectivity index (χ4n) is 3.40. The van der Waals surface area contributed by atoms with E-state index in [1.807, 2.05) is 0 Å². The molecule has 2 saturated carbocycles. The van der Waals surface area contributed by atoms with Crippen LogP contribution in [0.3, 0.4) is 0 Å². The molecule has 0 spiro atoms. The van der Waals surface area contributed by atoms with Crippen LogP contribution in [0.25, 0.3) is 0 Å². The lowest BCUT2D eigenvalue weighted by atomic mass is 10.0. The van der Waals surface area contributed by atoms with Gasteiger partial charge in [0.1, 0.15) is 5.78 Å². The number of carbonyl (C=O) groups excluding carboxylic acids is 1. The second-order valence-electron chi connectivity index (χ2n) is 5.50. The van der Waals surface area contributed by atoms with E-state index in [1.165, 1.54) is 18.4 Å². The number of hydrogen-bond acceptors (Lipinski definition) is 2. The molecule has 0 aliphatic heterocycles. The van der Waals surface area contributed by atoms with Crippen molar-refractivity contribution in [2.75, 3.05) is 0 Å². The highest BCUT2D eigenvalue weighted by Crippen LogP contribution is 2.42. The summed E-state index contributed by atoms with van der Waals surface area (Å²) < 4.78 is 0. The minimum absolute atomic E-state index is 0.488. The first-order chi connectivity index (χ1) is 8.31. The lowest BCUT2D eigenvalue weighted by Crippen LogP contribution is -2.26. The minimum atomic E-state index is 0.488. The Morgan fingerprint density at radius 3 is 2.35 bits per heavy atom. The minimum Gasteiger partial charge on any atom is -0.310 e. The highest BCUT2D eigenvalue weighted by molar-refractivity contribution is 5.81. The van der Waals surface area contributed by atoms with E-state index in [1.54, 1.807) is 0 Å². The highest BCUT2D eigenvalue weighted by atomic mass is 16.1. The highest BCUT2D eigenvalue weighted by Gasteiger charge is 2.40. The maximum absolute atomic E-state index is 11.3. The topological polar surface area (TPSA) is 29.1 Å². The molecule has 17 heavy (non-hydrogen) atoms. The van der Waals surface area contributed by atoms with Gasteiger partial charge in [0.25, 0.3) is 0 Å². The van der Waals surface area contributed by atoms with Crippen molar-refractivity contribution in [2.24, 2.45) is 11.8 Å². The van der Waals surface area contributed by atoms with Crippen molar-refractivity contribution < 1.29 is 4.79 Å². The molecule has 0 radical (unpaired) electrons. The van der Waals surface area contributed by atoms with Crippen LogP contribution in [0.4, 0.5) is 0 Å². The number of hydrogen-bond donors (Lipinski definition) is 1. The van der Waals surface area contributed by atoms with E-state index in [2.05, 4.69) is 35.6 Å². The van der Waals surface area contributed by atoms with Crippen LogP contribution in [0.2, 0.25) is 0 Å². The van der Waals surface area contributed by atoms with Crippen molar-refractivity contribution in [1.82, 2.24) is 5.32 Å². The molecule has 2 nitrogen and oxygen atoms in total. The number of carbonyl (C=O) groups is 1. The first kappa shape index (κ1) is 11.0. The van der Waals surface area contributed by atoms with E-state index in [0.29, 0.717) is 23.7 Å². The lowest BCUT2D eigenvalue weighted by Gasteiger charge is -2.13. The summed E-state index contributed by atoms with van der Waals surface area (Å²) in [6.07, 6.45) is 4.08. The molecular formula is C15H19NO. The molecule has 2 aliphatic carbocycles. The van der Waals surface area contributed by atoms with Gasteiger partial charge in [-0.2, -0.15) is 0 Å². The Balaban J connectivity index is 1.51. The van der Waals surface area contributed by atoms with Crippen LogP contribution in [0.15, 0.2) is 30.3 Å². The molecule has 1 N–H and O–H groups in total. The van der Waals surface area contributed by atoms with Crippen LogP contribution >= 0.6 is 0 Å². The maximum atomic E-state index is 11.3. The second kappa shape index (κ2) is 4.61. The Morgan fingerprint density at radius 1 is 1.06 bits per heavy atom. The van der Waals surface area contributed by atoms with Crippen molar-refractivity contribution in [3.05, 3.63) is 35.9 Å². The Bertz CT molecular complexity index is 385. The van der Waals surface area contributed by atoms with Crippen molar-refractivity contribution in [1.29, 1.82) is 0 Å². The fraction of sp³-hybridized carbons (Fsp3) is 0.533. The largest absolute Gasteiger partial charge is 0.310 e. The summed E-state index contributed by atoms with van der Waals surface area (Å²) in [6.45, 7) is 0.957. The third-order valence-corrected chi connectivity index (χ3v) is 4.26. The van der Waals surface area contributed by atoms with Crippen molar-refractivity contribution in [2.45, 2.75) is 38.3 Å². The SMILES string of the molecule is O=C1C[C@@H]2C[C@H](NCc3ccccc3)C[C@@H]2C1. The molecule has 3 atom stereocenters. The molecule has 0 bridgehead atoms. The van der Waals surface area contributed by atoms with Gasteiger partial charge in [-0.1, -0.05) is 30.3 Å². The van der Waals surface area contributed by atoms with Gasteiger partial charge in [-0.3, -0.25) is 4.79 Å². The molecule has 0 heterocycles. The zero-order chi connectivity index (χ0) is 11.7. The number of nitrogens with one attached hydrogen (secondary N) is 1. The van der Waals surface area contributed by atoms with Gasteiger partial charge in [0.15, 0.2) is 0 Å². The van der Waals surface area contributed by atoms with Gasteiger partial charge in [-0.05, 0) is 30.2 Å². The van der Waals surface area contributed by atoms with E-state index in [9.17, 15) is 4.79 Å². The Morgan fingerprint density at radius 2 is 1.71 bits per heavy atom. The van der Waals surface area contributed by atoms with E-state index < -0.39 is 0 Å². The van der Waals surface area contributed by atoms with Gasteiger partial charge in [-0.15, -0.1) is 0 Å². The summed E-state index contributed by atoms with van der Waals surface area (Å²) in [4.78, 5) is 11.3. The molecule has 0 aromatic heterocycles. The summed E-state index contributed by atoms with van der Waals surface area (Å²) in [5.41, 5.74) is 1.35. The van der Waals surface area contributed by atoms with E-state index >= 15 is 0 Å². The van der Waals surface area contributed by atoms with E-state index in [4.69, 9.17) is 0 Å². The smallest absolute Gasteiger partial charge is 0.133 e. The van der Waals surface area contributed by atoms with E-state index in [0.717, 1.165) is 19.4 Å². The van der Waals surface area contributed by atoms with Crippen molar-refractivity contribution >= 4 is 5.78 Å². The first-order valence-electron chi connectivity index (χ1n) is 6.60. The number of Topliss-reactive ketones (excluding diaryl/α,β-unsaturated/α-hetero) is 1. The number of benzene rings is 1. The molecular weight excluding hydrogens is 210 g/mol. The van der Waals surface area contributed by atoms with Gasteiger partial charge in [0.05, 0.1) is 0 Å². The molecule has 0 saturated heterocycles. The molecule has 2 heteroatoms. The van der Waals surface area contributed by atoms with Crippen LogP contribution in [-0.2, 0) is 11.3 Å². The number of rotatable bonds is 3. The number of fused-ring (bicyclic) bond motifs is 1. The quantitative estimate of drug-likeness (QED) is 0.863. The van der Waals surface area contributed by atoms with Gasteiger partial charge in [-0.25, -0.2) is 0 Å². The van der Waals surface area contributed by atoms with Gasteiger partial charge in [0, 0.05) is 25.4 Å². The van der Waals surface area contributed by atoms with E-state index in [-0.39, 0.29) is 0 Å². The van der Waals surface area contributed by atoms with Gasteiger partial charge >= 0.3 is 0 Å². The van der Waals surface area contributed by atoms with Crippen LogP contribution in [0.1, 0.15) is 31.2 Å². The molecule has 0 amide bonds. The van der Waals surface area contributed by atoms with Crippen LogP contribution in [0, 0.1) is 11.8 Å². The summed E-state index contributed by atoms with van der Waals surface area (Å²) in [7, 11) is 0. The molecule has 2 aliphatic rings. The average Bonchev–Trinajstić information content (AvgIpc) is 2.84. The molecule has 2 fully saturated rings. The standard InChI is InChI=1S/C15H19NO/c17-15-8-12-6-14(7-13(12)9-15)16-10-11-4-2-1-3-5-11/h1-5,12-14,16H,6-10H2/t12-,13+,14-. The van der Waals surface area contributed by atoms with Gasteiger partial charge < -0.3 is 5.32 Å². The Kier molecular flexibility index (Phi) is 2.98. The average molecular weight is 229 g/mol. The molecule has 1 aromatic carbocycles. The lowest BCUT2D eigenvalue weighted by molar-refractivity contribution is -0.117. The second-order valence-corrected chi connectivity index (χ2v) is 5.50. The first-order valence-corrected chi connectivity index (χ1v) is 6.60. The molecule has 1 aromatic rings. The Hall–Kier alpha value is -1.15. The molecule has 90 valence electrons.